The van der Waals surface area contributed by atoms with Crippen molar-refractivity contribution >= 4 is 38.3 Å². The maximum Gasteiger partial charge on any atom is 0.248 e. The summed E-state index contributed by atoms with van der Waals surface area (Å²) in [6, 6.07) is 0.333. The number of sulfonamides is 1. The van der Waals surface area contributed by atoms with Gasteiger partial charge in [0.2, 0.25) is 21.8 Å². The minimum absolute atomic E-state index is 0.105. The normalized spacial score (nSPS) is 19.1. The van der Waals surface area contributed by atoms with E-state index in [9.17, 15) is 31.2 Å². The molecular formula is C22H25F3N4O4S2. The first kappa shape index (κ1) is 25.6. The van der Waals surface area contributed by atoms with Crippen molar-refractivity contribution in [3.8, 4) is 0 Å². The lowest BCUT2D eigenvalue weighted by molar-refractivity contribution is -0.142. The minimum atomic E-state index is -4.61. The molecule has 4 rings (SSSR count). The lowest BCUT2D eigenvalue weighted by Crippen LogP contribution is -2.58. The zero-order valence-electron chi connectivity index (χ0n) is 18.8. The Morgan fingerprint density at radius 2 is 1.89 bits per heavy atom. The quantitative estimate of drug-likeness (QED) is 0.554. The molecule has 0 radical (unpaired) electrons. The minimum Gasteiger partial charge on any atom is -0.328 e. The van der Waals surface area contributed by atoms with Crippen LogP contribution in [0.1, 0.15) is 38.5 Å². The predicted molar refractivity (Wildman–Crippen MR) is 123 cm³/mol. The molecule has 2 aliphatic rings. The molecule has 0 bridgehead atoms. The lowest BCUT2D eigenvalue weighted by Gasteiger charge is -2.39. The van der Waals surface area contributed by atoms with E-state index in [-0.39, 0.29) is 19.0 Å². The Morgan fingerprint density at radius 3 is 2.54 bits per heavy atom. The van der Waals surface area contributed by atoms with Crippen molar-refractivity contribution in [1.82, 2.24) is 14.2 Å². The second kappa shape index (κ2) is 10.6. The van der Waals surface area contributed by atoms with Gasteiger partial charge in [-0.05, 0) is 24.5 Å². The molecule has 1 atom stereocenters. The number of thiazole rings is 1. The highest BCUT2D eigenvalue weighted by atomic mass is 32.2. The van der Waals surface area contributed by atoms with Crippen molar-refractivity contribution in [3.05, 3.63) is 41.2 Å². The summed E-state index contributed by atoms with van der Waals surface area (Å²) in [6.07, 6.45) is 7.09. The van der Waals surface area contributed by atoms with Crippen molar-refractivity contribution in [1.29, 1.82) is 0 Å². The van der Waals surface area contributed by atoms with Crippen molar-refractivity contribution in [2.75, 3.05) is 25.0 Å². The molecule has 1 N–H and O–H groups in total. The Balaban J connectivity index is 1.53. The number of aromatic nitrogens is 1. The van der Waals surface area contributed by atoms with E-state index in [1.54, 1.807) is 11.6 Å². The maximum atomic E-state index is 14.2. The molecule has 8 nitrogen and oxygen atoms in total. The SMILES string of the molecule is O=C(Nc1nccs1)C(CC1CCCCC1)N1CCN(S(=O)(=O)c2ccc(F)c(F)c2F)CC1=O. The van der Waals surface area contributed by atoms with Gasteiger partial charge in [-0.15, -0.1) is 11.3 Å². The Bertz CT molecular complexity index is 1190. The molecule has 1 aromatic carbocycles. The summed E-state index contributed by atoms with van der Waals surface area (Å²) >= 11 is 1.24. The number of anilines is 1. The van der Waals surface area contributed by atoms with Gasteiger partial charge in [-0.2, -0.15) is 4.31 Å². The van der Waals surface area contributed by atoms with Gasteiger partial charge in [0.25, 0.3) is 0 Å². The highest BCUT2D eigenvalue weighted by Gasteiger charge is 2.40. The summed E-state index contributed by atoms with van der Waals surface area (Å²) in [5, 5.41) is 4.83. The highest BCUT2D eigenvalue weighted by molar-refractivity contribution is 7.89. The van der Waals surface area contributed by atoms with Crippen LogP contribution in [0.25, 0.3) is 0 Å². The number of hydrogen-bond acceptors (Lipinski definition) is 6. The number of rotatable bonds is 7. The molecule has 2 amide bonds. The van der Waals surface area contributed by atoms with E-state index in [0.29, 0.717) is 23.7 Å². The summed E-state index contributed by atoms with van der Waals surface area (Å²) in [5.74, 6) is -6.03. The van der Waals surface area contributed by atoms with Crippen LogP contribution in [-0.4, -0.2) is 60.1 Å². The van der Waals surface area contributed by atoms with Crippen LogP contribution in [0.5, 0.6) is 0 Å². The number of nitrogens with one attached hydrogen (secondary N) is 1. The monoisotopic (exact) mass is 530 g/mol. The summed E-state index contributed by atoms with van der Waals surface area (Å²) in [5.41, 5.74) is 0. The number of carbonyl (C=O) groups excluding carboxylic acids is 2. The molecule has 1 aliphatic carbocycles. The Labute approximate surface area is 205 Å². The average molecular weight is 531 g/mol. The van der Waals surface area contributed by atoms with Crippen LogP contribution in [0.15, 0.2) is 28.6 Å². The Hall–Kier alpha value is -2.51. The Morgan fingerprint density at radius 1 is 1.14 bits per heavy atom. The van der Waals surface area contributed by atoms with Crippen LogP contribution in [0.3, 0.4) is 0 Å². The van der Waals surface area contributed by atoms with E-state index < -0.39 is 56.8 Å². The van der Waals surface area contributed by atoms with Crippen molar-refractivity contribution in [3.63, 3.8) is 0 Å². The molecule has 1 saturated carbocycles. The number of halogens is 3. The molecule has 1 saturated heterocycles. The van der Waals surface area contributed by atoms with E-state index in [4.69, 9.17) is 0 Å². The van der Waals surface area contributed by atoms with Gasteiger partial charge in [0.05, 0.1) is 6.54 Å². The van der Waals surface area contributed by atoms with Crippen molar-refractivity contribution in [2.24, 2.45) is 5.92 Å². The topological polar surface area (TPSA) is 99.7 Å². The zero-order chi connectivity index (χ0) is 25.2. The number of piperazine rings is 1. The molecule has 2 heterocycles. The summed E-state index contributed by atoms with van der Waals surface area (Å²) < 4.78 is 67.6. The van der Waals surface area contributed by atoms with Gasteiger partial charge >= 0.3 is 0 Å². The largest absolute Gasteiger partial charge is 0.328 e. The first-order valence-corrected chi connectivity index (χ1v) is 13.6. The molecule has 1 aromatic heterocycles. The third-order valence-corrected chi connectivity index (χ3v) is 9.01. The van der Waals surface area contributed by atoms with Gasteiger partial charge in [0.1, 0.15) is 10.9 Å². The van der Waals surface area contributed by atoms with Gasteiger partial charge in [-0.25, -0.2) is 26.6 Å². The first-order chi connectivity index (χ1) is 16.7. The van der Waals surface area contributed by atoms with Gasteiger partial charge in [0.15, 0.2) is 22.6 Å². The van der Waals surface area contributed by atoms with E-state index in [0.717, 1.165) is 36.4 Å². The van der Waals surface area contributed by atoms with Crippen LogP contribution < -0.4 is 5.32 Å². The molecule has 13 heteroatoms. The van der Waals surface area contributed by atoms with E-state index in [1.807, 2.05) is 0 Å². The van der Waals surface area contributed by atoms with Crippen LogP contribution >= 0.6 is 11.3 Å². The first-order valence-electron chi connectivity index (χ1n) is 11.3. The summed E-state index contributed by atoms with van der Waals surface area (Å²) in [6.45, 7) is -0.975. The van der Waals surface area contributed by atoms with Crippen LogP contribution in [0, 0.1) is 23.4 Å². The predicted octanol–water partition coefficient (Wildman–Crippen LogP) is 3.37. The number of carbonyl (C=O) groups is 2. The lowest BCUT2D eigenvalue weighted by atomic mass is 9.84. The van der Waals surface area contributed by atoms with Gasteiger partial charge in [-0.3, -0.25) is 9.59 Å². The number of nitrogens with zero attached hydrogens (tertiary/aromatic N) is 3. The smallest absolute Gasteiger partial charge is 0.248 e. The summed E-state index contributed by atoms with van der Waals surface area (Å²) in [7, 11) is -4.61. The van der Waals surface area contributed by atoms with Gasteiger partial charge in [0, 0.05) is 24.7 Å². The molecule has 0 spiro atoms. The average Bonchev–Trinajstić information content (AvgIpc) is 3.34. The molecular weight excluding hydrogens is 505 g/mol. The summed E-state index contributed by atoms with van der Waals surface area (Å²) in [4.78, 5) is 30.6. The third-order valence-electron chi connectivity index (χ3n) is 6.46. The second-order valence-corrected chi connectivity index (χ2v) is 11.5. The molecule has 1 aliphatic heterocycles. The molecule has 35 heavy (non-hydrogen) atoms. The molecule has 2 aromatic rings. The van der Waals surface area contributed by atoms with E-state index >= 15 is 0 Å². The van der Waals surface area contributed by atoms with Crippen LogP contribution in [-0.2, 0) is 19.6 Å². The van der Waals surface area contributed by atoms with E-state index in [1.165, 1.54) is 16.2 Å². The zero-order valence-corrected chi connectivity index (χ0v) is 20.4. The molecule has 2 fully saturated rings. The standard InChI is InChI=1S/C22H25F3N4O4S2/c23-15-6-7-17(20(25)19(15)24)35(32,33)28-9-10-29(18(30)13-28)16(12-14-4-2-1-3-5-14)21(31)27-22-26-8-11-34-22/h6-8,11,14,16H,1-5,9-10,12-13H2,(H,26,27,31). The molecule has 190 valence electrons. The maximum absolute atomic E-state index is 14.2. The fraction of sp³-hybridized carbons (Fsp3) is 0.500. The fourth-order valence-electron chi connectivity index (χ4n) is 4.63. The van der Waals surface area contributed by atoms with Gasteiger partial charge in [-0.1, -0.05) is 32.1 Å². The second-order valence-electron chi connectivity index (χ2n) is 8.68. The third kappa shape index (κ3) is 5.51. The van der Waals surface area contributed by atoms with Gasteiger partial charge < -0.3 is 10.2 Å². The van der Waals surface area contributed by atoms with Crippen LogP contribution in [0.2, 0.25) is 0 Å². The number of benzene rings is 1. The van der Waals surface area contributed by atoms with Crippen molar-refractivity contribution in [2.45, 2.75) is 49.5 Å². The van der Waals surface area contributed by atoms with E-state index in [2.05, 4.69) is 10.3 Å². The number of amides is 2. The van der Waals surface area contributed by atoms with Crippen molar-refractivity contribution < 1.29 is 31.2 Å². The number of hydrogen-bond donors (Lipinski definition) is 1. The fourth-order valence-corrected chi connectivity index (χ4v) is 6.60. The Kier molecular flexibility index (Phi) is 7.77. The highest BCUT2D eigenvalue weighted by Crippen LogP contribution is 2.31. The van der Waals surface area contributed by atoms with Crippen LogP contribution in [0.4, 0.5) is 18.3 Å². The molecule has 1 unspecified atom stereocenters.